The van der Waals surface area contributed by atoms with Crippen LogP contribution in [0.3, 0.4) is 0 Å². The topological polar surface area (TPSA) is 126 Å². The molecule has 2 amide bonds. The van der Waals surface area contributed by atoms with Gasteiger partial charge in [-0.3, -0.25) is 14.7 Å². The number of pyridine rings is 2. The number of likely N-dealkylation sites (tertiary alicyclic amines) is 1. The molecular formula is C37H41F2N7O4. The summed E-state index contributed by atoms with van der Waals surface area (Å²) in [5.41, 5.74) is 2.79. The van der Waals surface area contributed by atoms with Crippen LogP contribution in [0.5, 0.6) is 5.75 Å². The van der Waals surface area contributed by atoms with Gasteiger partial charge >= 0.3 is 6.09 Å². The minimum absolute atomic E-state index is 0.0386. The van der Waals surface area contributed by atoms with E-state index in [9.17, 15) is 23.6 Å². The summed E-state index contributed by atoms with van der Waals surface area (Å²) in [7, 11) is 0. The van der Waals surface area contributed by atoms with Gasteiger partial charge in [-0.15, -0.1) is 0 Å². The van der Waals surface area contributed by atoms with Gasteiger partial charge in [0.15, 0.2) is 12.3 Å². The summed E-state index contributed by atoms with van der Waals surface area (Å²) < 4.78 is 41.5. The molecule has 0 N–H and O–H groups in total. The molecule has 0 radical (unpaired) electrons. The zero-order valence-electron chi connectivity index (χ0n) is 29.2. The molecule has 11 nitrogen and oxygen atoms in total. The van der Waals surface area contributed by atoms with Crippen LogP contribution in [0.25, 0.3) is 22.2 Å². The molecule has 50 heavy (non-hydrogen) atoms. The predicted molar refractivity (Wildman–Crippen MR) is 182 cm³/mol. The first-order valence-electron chi connectivity index (χ1n) is 16.9. The second-order valence-electron chi connectivity index (χ2n) is 14.3. The second kappa shape index (κ2) is 13.7. The van der Waals surface area contributed by atoms with Gasteiger partial charge in [0.25, 0.3) is 5.91 Å². The van der Waals surface area contributed by atoms with Crippen LogP contribution in [0, 0.1) is 34.8 Å². The number of hydrogen-bond donors (Lipinski definition) is 0. The van der Waals surface area contributed by atoms with Crippen LogP contribution in [0.15, 0.2) is 36.7 Å². The van der Waals surface area contributed by atoms with Gasteiger partial charge in [-0.2, -0.15) is 10.4 Å². The summed E-state index contributed by atoms with van der Waals surface area (Å²) in [5, 5.41) is 16.1. The lowest BCUT2D eigenvalue weighted by atomic mass is 9.89. The summed E-state index contributed by atoms with van der Waals surface area (Å²) >= 11 is 0. The monoisotopic (exact) mass is 685 g/mol. The van der Waals surface area contributed by atoms with Crippen molar-refractivity contribution in [3.05, 3.63) is 65.2 Å². The molecule has 1 aromatic carbocycles. The number of halogens is 2. The zero-order chi connectivity index (χ0) is 35.9. The number of carbonyl (C=O) groups is 2. The van der Waals surface area contributed by atoms with Crippen LogP contribution < -0.4 is 9.64 Å². The maximum atomic E-state index is 14.5. The normalized spacial score (nSPS) is 17.9. The standard InChI is InChI=1S/C37H41F2N7O4/c1-7-22-18-44(36(48)50-37(4,5)6)11-10-30(22)46-35-26(17-42-46)34(25(15-40)28(43-35)12-21(2)3)23-8-9-31-32(13-23)49-20-33(47)45(31)19-29-27(39)14-24(38)16-41-29/h8-9,13-14,16-17,21-22,30H,7,10-12,18-20H2,1-6H3. The van der Waals surface area contributed by atoms with Crippen molar-refractivity contribution in [2.45, 2.75) is 79.0 Å². The maximum Gasteiger partial charge on any atom is 0.410 e. The van der Waals surface area contributed by atoms with Crippen LogP contribution in [0.2, 0.25) is 0 Å². The maximum absolute atomic E-state index is 14.5. The fraction of sp³-hybridized carbons (Fsp3) is 0.459. The van der Waals surface area contributed by atoms with Gasteiger partial charge in [-0.05, 0) is 69.6 Å². The molecule has 4 aromatic rings. The smallest absolute Gasteiger partial charge is 0.410 e. The van der Waals surface area contributed by atoms with Gasteiger partial charge < -0.3 is 14.4 Å². The van der Waals surface area contributed by atoms with Crippen LogP contribution >= 0.6 is 0 Å². The second-order valence-corrected chi connectivity index (χ2v) is 14.3. The average molecular weight is 686 g/mol. The van der Waals surface area contributed by atoms with E-state index in [-0.39, 0.29) is 42.8 Å². The predicted octanol–water partition coefficient (Wildman–Crippen LogP) is 6.98. The molecule has 6 rings (SSSR count). The number of fused-ring (bicyclic) bond motifs is 2. The molecule has 1 fully saturated rings. The van der Waals surface area contributed by atoms with Crippen LogP contribution in [0.4, 0.5) is 19.3 Å². The molecule has 2 aliphatic heterocycles. The van der Waals surface area contributed by atoms with E-state index in [0.717, 1.165) is 18.7 Å². The van der Waals surface area contributed by atoms with Crippen LogP contribution in [-0.2, 0) is 22.5 Å². The van der Waals surface area contributed by atoms with Crippen molar-refractivity contribution in [2.75, 3.05) is 24.6 Å². The molecule has 2 aliphatic rings. The van der Waals surface area contributed by atoms with Gasteiger partial charge in [-0.25, -0.2) is 23.2 Å². The summed E-state index contributed by atoms with van der Waals surface area (Å²) in [5.74, 6) is -1.38. The summed E-state index contributed by atoms with van der Waals surface area (Å²) in [6.45, 7) is 12.3. The highest BCUT2D eigenvalue weighted by Crippen LogP contribution is 2.42. The summed E-state index contributed by atoms with van der Waals surface area (Å²) in [4.78, 5) is 37.9. The first-order valence-corrected chi connectivity index (χ1v) is 16.9. The van der Waals surface area contributed by atoms with E-state index in [1.54, 1.807) is 29.3 Å². The number of ether oxygens (including phenoxy) is 2. The zero-order valence-corrected chi connectivity index (χ0v) is 29.2. The highest BCUT2D eigenvalue weighted by atomic mass is 19.1. The number of anilines is 1. The highest BCUT2D eigenvalue weighted by Gasteiger charge is 2.36. The van der Waals surface area contributed by atoms with Crippen molar-refractivity contribution in [3.8, 4) is 22.9 Å². The summed E-state index contributed by atoms with van der Waals surface area (Å²) in [6, 6.07) is 8.35. The van der Waals surface area contributed by atoms with Crippen molar-refractivity contribution < 1.29 is 27.8 Å². The number of carbonyl (C=O) groups excluding carboxylic acids is 2. The number of amides is 2. The molecule has 2 unspecified atom stereocenters. The summed E-state index contributed by atoms with van der Waals surface area (Å²) in [6.07, 6.45) is 4.35. The third-order valence-electron chi connectivity index (χ3n) is 9.10. The molecule has 1 saturated heterocycles. The Hall–Kier alpha value is -5.12. The number of rotatable bonds is 7. The van der Waals surface area contributed by atoms with E-state index in [2.05, 4.69) is 31.8 Å². The Morgan fingerprint density at radius 2 is 1.96 bits per heavy atom. The Labute approximate surface area is 289 Å². The van der Waals surface area contributed by atoms with E-state index < -0.39 is 23.1 Å². The minimum Gasteiger partial charge on any atom is -0.482 e. The minimum atomic E-state index is -0.851. The first kappa shape index (κ1) is 34.7. The Morgan fingerprint density at radius 3 is 2.64 bits per heavy atom. The molecule has 5 heterocycles. The molecule has 0 spiro atoms. The number of piperidine rings is 1. The highest BCUT2D eigenvalue weighted by molar-refractivity contribution is 6.00. The van der Waals surface area contributed by atoms with E-state index in [4.69, 9.17) is 19.6 Å². The Morgan fingerprint density at radius 1 is 1.18 bits per heavy atom. The van der Waals surface area contributed by atoms with E-state index in [1.807, 2.05) is 25.5 Å². The van der Waals surface area contributed by atoms with Gasteiger partial charge in [0, 0.05) is 30.1 Å². The number of hydrogen-bond acceptors (Lipinski definition) is 8. The number of nitriles is 1. The van der Waals surface area contributed by atoms with Gasteiger partial charge in [0.1, 0.15) is 29.1 Å². The third-order valence-corrected chi connectivity index (χ3v) is 9.10. The molecule has 0 bridgehead atoms. The molecule has 262 valence electrons. The van der Waals surface area contributed by atoms with Crippen LogP contribution in [-0.4, -0.2) is 61.9 Å². The van der Waals surface area contributed by atoms with E-state index in [1.165, 1.54) is 4.90 Å². The Bertz CT molecular complexity index is 2000. The molecule has 3 aromatic heterocycles. The molecular weight excluding hydrogens is 644 g/mol. The van der Waals surface area contributed by atoms with Crippen LogP contribution in [0.1, 0.15) is 77.4 Å². The quantitative estimate of drug-likeness (QED) is 0.204. The van der Waals surface area contributed by atoms with Crippen molar-refractivity contribution in [1.82, 2.24) is 24.6 Å². The molecule has 2 atom stereocenters. The Balaban J connectivity index is 1.41. The Kier molecular flexibility index (Phi) is 9.48. The fourth-order valence-electron chi connectivity index (χ4n) is 6.78. The van der Waals surface area contributed by atoms with Gasteiger partial charge in [0.05, 0.1) is 47.6 Å². The first-order chi connectivity index (χ1) is 23.8. The average Bonchev–Trinajstić information content (AvgIpc) is 3.48. The SMILES string of the molecule is CCC1CN(C(=O)OC(C)(C)C)CCC1n1ncc2c(-c3ccc4c(c3)OCC(=O)N4Cc3ncc(F)cc3F)c(C#N)c(CC(C)C)nc21. The van der Waals surface area contributed by atoms with Gasteiger partial charge in [0.2, 0.25) is 0 Å². The lowest BCUT2D eigenvalue weighted by Gasteiger charge is -2.38. The molecule has 0 saturated carbocycles. The largest absolute Gasteiger partial charge is 0.482 e. The van der Waals surface area contributed by atoms with E-state index in [0.29, 0.717) is 70.8 Å². The molecule has 0 aliphatic carbocycles. The van der Waals surface area contributed by atoms with Crippen molar-refractivity contribution in [1.29, 1.82) is 5.26 Å². The number of benzene rings is 1. The lowest BCUT2D eigenvalue weighted by Crippen LogP contribution is -2.46. The van der Waals surface area contributed by atoms with Crippen molar-refractivity contribution >= 4 is 28.7 Å². The van der Waals surface area contributed by atoms with Crippen molar-refractivity contribution in [2.24, 2.45) is 11.8 Å². The fourth-order valence-corrected chi connectivity index (χ4v) is 6.78. The van der Waals surface area contributed by atoms with Gasteiger partial charge in [-0.1, -0.05) is 26.8 Å². The lowest BCUT2D eigenvalue weighted by molar-refractivity contribution is -0.121. The van der Waals surface area contributed by atoms with Crippen molar-refractivity contribution in [3.63, 3.8) is 0 Å². The number of aromatic nitrogens is 4. The third kappa shape index (κ3) is 6.84. The van der Waals surface area contributed by atoms with E-state index >= 15 is 0 Å². The molecule has 13 heteroatoms. The number of nitrogens with zero attached hydrogens (tertiary/aromatic N) is 7.